The summed E-state index contributed by atoms with van der Waals surface area (Å²) in [5.74, 6) is 4.42. The summed E-state index contributed by atoms with van der Waals surface area (Å²) in [6.45, 7) is 34.2. The molecule has 0 amide bonds. The Morgan fingerprint density at radius 2 is 1.14 bits per heavy atom. The van der Waals surface area contributed by atoms with Gasteiger partial charge in [0.25, 0.3) is 0 Å². The molecular formula is C38H78N2O4. The van der Waals surface area contributed by atoms with Crippen LogP contribution in [0, 0.1) is 35.5 Å². The molecule has 2 aliphatic carbocycles. The topological polar surface area (TPSA) is 66.5 Å². The summed E-state index contributed by atoms with van der Waals surface area (Å²) in [6, 6.07) is 2.15. The van der Waals surface area contributed by atoms with Gasteiger partial charge in [-0.3, -0.25) is 4.90 Å². The van der Waals surface area contributed by atoms with Gasteiger partial charge in [-0.2, -0.15) is 0 Å². The molecule has 0 radical (unpaired) electrons. The number of nitrogens with one attached hydrogen (secondary N) is 1. The second-order valence-electron chi connectivity index (χ2n) is 16.4. The van der Waals surface area contributed by atoms with Gasteiger partial charge in [0.15, 0.2) is 0 Å². The Morgan fingerprint density at radius 3 is 1.48 bits per heavy atom. The zero-order valence-electron chi connectivity index (χ0n) is 31.8. The second-order valence-corrected chi connectivity index (χ2v) is 16.4. The molecule has 6 heteroatoms. The molecule has 264 valence electrons. The van der Waals surface area contributed by atoms with Gasteiger partial charge in [0.2, 0.25) is 0 Å². The van der Waals surface area contributed by atoms with Crippen molar-refractivity contribution in [3.63, 3.8) is 0 Å². The van der Waals surface area contributed by atoms with Crippen LogP contribution in [0.2, 0.25) is 0 Å². The fourth-order valence-corrected chi connectivity index (χ4v) is 7.22. The standard InChI is InChI=1S/C19H39NO2.C13H24O2.C6H15N/c1-13(2)18-9-8-16(7)10-19(18)22-12-17(21)11-20(14(3)4)15(5)6;1-9(2)12-5-4-10(3)6-13(12)15-8-11-7-14-11;1-5(2)7-6(3)4/h13-19,21H,8-12H2,1-7H3;9-13H,4-8H2,1-3H3;5-7H,1-4H3. The van der Waals surface area contributed by atoms with Crippen molar-refractivity contribution in [2.45, 2.75) is 184 Å². The first-order valence-electron chi connectivity index (χ1n) is 18.6. The molecule has 0 bridgehead atoms. The molecule has 3 aliphatic rings. The molecule has 3 rings (SSSR count). The summed E-state index contributed by atoms with van der Waals surface area (Å²) in [4.78, 5) is 2.33. The third-order valence-electron chi connectivity index (χ3n) is 9.74. The van der Waals surface area contributed by atoms with Crippen LogP contribution in [-0.2, 0) is 14.2 Å². The van der Waals surface area contributed by atoms with Gasteiger partial charge in [-0.1, -0.05) is 82.1 Å². The highest BCUT2D eigenvalue weighted by atomic mass is 16.6. The van der Waals surface area contributed by atoms with E-state index in [1.807, 2.05) is 0 Å². The predicted molar refractivity (Wildman–Crippen MR) is 188 cm³/mol. The highest BCUT2D eigenvalue weighted by molar-refractivity contribution is 4.83. The third kappa shape index (κ3) is 17.6. The van der Waals surface area contributed by atoms with Crippen LogP contribution >= 0.6 is 0 Å². The van der Waals surface area contributed by atoms with Crippen molar-refractivity contribution < 1.29 is 19.3 Å². The zero-order valence-corrected chi connectivity index (χ0v) is 31.8. The lowest BCUT2D eigenvalue weighted by atomic mass is 9.75. The highest BCUT2D eigenvalue weighted by Gasteiger charge is 2.34. The molecule has 2 saturated carbocycles. The lowest BCUT2D eigenvalue weighted by Gasteiger charge is -2.38. The van der Waals surface area contributed by atoms with E-state index in [2.05, 4.69) is 107 Å². The zero-order chi connectivity index (χ0) is 33.6. The molecule has 0 spiro atoms. The van der Waals surface area contributed by atoms with E-state index in [9.17, 15) is 5.11 Å². The fourth-order valence-electron chi connectivity index (χ4n) is 7.22. The van der Waals surface area contributed by atoms with E-state index in [-0.39, 0.29) is 0 Å². The van der Waals surface area contributed by atoms with Gasteiger partial charge in [0, 0.05) is 30.7 Å². The molecule has 8 atom stereocenters. The lowest BCUT2D eigenvalue weighted by Crippen LogP contribution is -2.44. The molecule has 1 heterocycles. The molecule has 8 unspecified atom stereocenters. The van der Waals surface area contributed by atoms with E-state index >= 15 is 0 Å². The summed E-state index contributed by atoms with van der Waals surface area (Å²) < 4.78 is 17.4. The van der Waals surface area contributed by atoms with Gasteiger partial charge in [-0.05, 0) is 88.9 Å². The van der Waals surface area contributed by atoms with Gasteiger partial charge in [-0.25, -0.2) is 0 Å². The van der Waals surface area contributed by atoms with Gasteiger partial charge in [0.1, 0.15) is 6.10 Å². The van der Waals surface area contributed by atoms with Crippen molar-refractivity contribution in [1.29, 1.82) is 0 Å². The van der Waals surface area contributed by atoms with Crippen LogP contribution in [0.25, 0.3) is 0 Å². The van der Waals surface area contributed by atoms with Crippen LogP contribution in [0.5, 0.6) is 0 Å². The number of epoxide rings is 1. The van der Waals surface area contributed by atoms with E-state index in [1.54, 1.807) is 0 Å². The molecule has 1 saturated heterocycles. The number of nitrogens with zero attached hydrogens (tertiary/aromatic N) is 1. The van der Waals surface area contributed by atoms with Crippen LogP contribution in [0.3, 0.4) is 0 Å². The van der Waals surface area contributed by atoms with Gasteiger partial charge >= 0.3 is 0 Å². The molecule has 0 aromatic rings. The summed E-state index contributed by atoms with van der Waals surface area (Å²) in [5.41, 5.74) is 0. The first-order chi connectivity index (χ1) is 20.5. The number of aliphatic hydroxyl groups excluding tert-OH is 1. The monoisotopic (exact) mass is 627 g/mol. The molecule has 6 nitrogen and oxygen atoms in total. The van der Waals surface area contributed by atoms with Gasteiger partial charge < -0.3 is 24.6 Å². The van der Waals surface area contributed by atoms with Gasteiger partial charge in [-0.15, -0.1) is 0 Å². The summed E-state index contributed by atoms with van der Waals surface area (Å²) in [6.07, 6.45) is 8.53. The smallest absolute Gasteiger partial charge is 0.104 e. The SMILES string of the molecule is CC(C)NC(C)C.CC1CCC(C(C)C)C(OCC(O)CN(C(C)C)C(C)C)C1.CC1CCC(C(C)C)C(OCC2CO2)C1. The van der Waals surface area contributed by atoms with E-state index in [0.29, 0.717) is 67.5 Å². The Labute approximate surface area is 275 Å². The molecule has 44 heavy (non-hydrogen) atoms. The number of rotatable bonds is 14. The highest BCUT2D eigenvalue weighted by Crippen LogP contribution is 2.36. The van der Waals surface area contributed by atoms with Crippen molar-refractivity contribution in [2.24, 2.45) is 35.5 Å². The molecule has 1 aliphatic heterocycles. The quantitative estimate of drug-likeness (QED) is 0.190. The van der Waals surface area contributed by atoms with Crippen LogP contribution in [0.15, 0.2) is 0 Å². The molecule has 0 aromatic heterocycles. The number of aliphatic hydroxyl groups is 1. The summed E-state index contributed by atoms with van der Waals surface area (Å²) >= 11 is 0. The minimum atomic E-state index is -0.394. The van der Waals surface area contributed by atoms with Crippen molar-refractivity contribution in [2.75, 3.05) is 26.4 Å². The molecule has 0 aromatic carbocycles. The van der Waals surface area contributed by atoms with E-state index in [0.717, 1.165) is 43.3 Å². The average Bonchev–Trinajstić information content (AvgIpc) is 3.73. The molecule has 3 fully saturated rings. The Morgan fingerprint density at radius 1 is 0.705 bits per heavy atom. The Bertz CT molecular complexity index is 695. The van der Waals surface area contributed by atoms with Crippen LogP contribution in [-0.4, -0.2) is 85.0 Å². The Hall–Kier alpha value is -0.240. The van der Waals surface area contributed by atoms with Crippen molar-refractivity contribution in [3.05, 3.63) is 0 Å². The van der Waals surface area contributed by atoms with E-state index in [4.69, 9.17) is 14.2 Å². The van der Waals surface area contributed by atoms with Crippen LogP contribution in [0.4, 0.5) is 0 Å². The first-order valence-corrected chi connectivity index (χ1v) is 18.6. The maximum atomic E-state index is 10.4. The van der Waals surface area contributed by atoms with Gasteiger partial charge in [0.05, 0.1) is 38.1 Å². The number of hydrogen-bond acceptors (Lipinski definition) is 6. The van der Waals surface area contributed by atoms with Crippen molar-refractivity contribution in [1.82, 2.24) is 10.2 Å². The second kappa shape index (κ2) is 21.6. The Balaban J connectivity index is 0.000000377. The third-order valence-corrected chi connectivity index (χ3v) is 9.74. The summed E-state index contributed by atoms with van der Waals surface area (Å²) in [7, 11) is 0. The maximum Gasteiger partial charge on any atom is 0.104 e. The lowest BCUT2D eigenvalue weighted by molar-refractivity contribution is -0.0767. The minimum Gasteiger partial charge on any atom is -0.389 e. The molecular weight excluding hydrogens is 548 g/mol. The fraction of sp³-hybridized carbons (Fsp3) is 1.00. The number of hydrogen-bond donors (Lipinski definition) is 2. The Kier molecular flexibility index (Phi) is 20.5. The normalized spacial score (nSPS) is 29.7. The van der Waals surface area contributed by atoms with E-state index in [1.165, 1.54) is 32.1 Å². The van der Waals surface area contributed by atoms with Crippen molar-refractivity contribution >= 4 is 0 Å². The van der Waals surface area contributed by atoms with Crippen LogP contribution < -0.4 is 5.32 Å². The number of ether oxygens (including phenoxy) is 3. The van der Waals surface area contributed by atoms with Crippen molar-refractivity contribution in [3.8, 4) is 0 Å². The molecule has 2 N–H and O–H groups in total. The van der Waals surface area contributed by atoms with Crippen LogP contribution in [0.1, 0.15) is 135 Å². The maximum absolute atomic E-state index is 10.4. The average molecular weight is 627 g/mol. The predicted octanol–water partition coefficient (Wildman–Crippen LogP) is 8.20. The summed E-state index contributed by atoms with van der Waals surface area (Å²) in [5, 5.41) is 13.7. The minimum absolute atomic E-state index is 0.324. The largest absolute Gasteiger partial charge is 0.389 e. The van der Waals surface area contributed by atoms with E-state index < -0.39 is 6.10 Å². The first kappa shape index (κ1) is 41.8.